The van der Waals surface area contributed by atoms with Crippen LogP contribution in [0, 0.1) is 35.5 Å². The van der Waals surface area contributed by atoms with E-state index >= 15 is 0 Å². The molecule has 8 aliphatic rings. The summed E-state index contributed by atoms with van der Waals surface area (Å²) in [7, 11) is -3.87. The van der Waals surface area contributed by atoms with Crippen molar-refractivity contribution in [1.29, 1.82) is 0 Å². The van der Waals surface area contributed by atoms with Gasteiger partial charge in [0.05, 0.1) is 41.1 Å². The van der Waals surface area contributed by atoms with Gasteiger partial charge in [-0.25, -0.2) is 0 Å². The van der Waals surface area contributed by atoms with Crippen LogP contribution in [-0.4, -0.2) is 184 Å². The number of aliphatic hydroxyl groups is 1. The molecule has 678 valence electrons. The molecule has 7 saturated heterocycles. The van der Waals surface area contributed by atoms with E-state index in [9.17, 15) is 61.2 Å². The third-order valence-electron chi connectivity index (χ3n) is 22.4. The van der Waals surface area contributed by atoms with E-state index in [-0.39, 0.29) is 133 Å². The van der Waals surface area contributed by atoms with Crippen molar-refractivity contribution < 1.29 is 94.3 Å². The second-order valence-corrected chi connectivity index (χ2v) is 41.6. The topological polar surface area (TPSA) is 331 Å². The molecule has 0 bridgehead atoms. The summed E-state index contributed by atoms with van der Waals surface area (Å²) in [5.74, 6) is -1.94. The molecule has 0 spiro atoms. The number of amides is 8. The van der Waals surface area contributed by atoms with Crippen molar-refractivity contribution in [2.45, 2.75) is 156 Å². The highest BCUT2D eigenvalue weighted by Crippen LogP contribution is 2.39. The Balaban J connectivity index is 0.000000161. The molecule has 0 radical (unpaired) electrons. The number of carboxylic acid groups (broad SMARTS) is 1. The Bertz CT molecular complexity index is 5190. The Labute approximate surface area is 784 Å². The number of carbonyl (C=O) groups excluding carboxylic acids is 10. The number of carbonyl (C=O) groups is 11. The molecule has 8 heterocycles. The summed E-state index contributed by atoms with van der Waals surface area (Å²) < 4.78 is 54.3. The molecule has 7 aromatic rings. The van der Waals surface area contributed by atoms with E-state index in [1.165, 1.54) is 9.80 Å². The van der Waals surface area contributed by atoms with E-state index in [2.05, 4.69) is 79.6 Å². The molecule has 8 amide bonds. The van der Waals surface area contributed by atoms with E-state index in [0.29, 0.717) is 102 Å². The van der Waals surface area contributed by atoms with Crippen molar-refractivity contribution in [1.82, 2.24) is 4.90 Å². The van der Waals surface area contributed by atoms with Gasteiger partial charge in [-0.3, -0.25) is 61.8 Å². The quantitative estimate of drug-likeness (QED) is 0.0310. The molecule has 6 atom stereocenters. The fourth-order valence-electron chi connectivity index (χ4n) is 15.2. The summed E-state index contributed by atoms with van der Waals surface area (Å²) >= 11 is 16.8. The van der Waals surface area contributed by atoms with Crippen LogP contribution in [0.3, 0.4) is 0 Å². The number of carboxylic acids is 1. The molecule has 15 rings (SSSR count). The van der Waals surface area contributed by atoms with Crippen molar-refractivity contribution in [2.75, 3.05) is 94.7 Å². The number of anilines is 6. The number of nitrogens with zero attached hydrogens (tertiary/aromatic N) is 7. The lowest BCUT2D eigenvalue weighted by Gasteiger charge is -2.32. The molecular weight excluding hydrogens is 1980 g/mol. The molecule has 0 aromatic heterocycles. The lowest BCUT2D eigenvalue weighted by Crippen LogP contribution is -2.41. The summed E-state index contributed by atoms with van der Waals surface area (Å²) in [6.45, 7) is 22.8. The fourth-order valence-corrected chi connectivity index (χ4v) is 17.0. The number of aliphatic hydroxyl groups excluding tert-OH is 1. The van der Waals surface area contributed by atoms with Gasteiger partial charge in [0, 0.05) is 178 Å². The minimum Gasteiger partial charge on any atom is -0.481 e. The smallest absolute Gasteiger partial charge is 0.481 e. The highest BCUT2D eigenvalue weighted by molar-refractivity contribution is 9.11. The van der Waals surface area contributed by atoms with E-state index in [1.807, 2.05) is 203 Å². The predicted octanol–water partition coefficient (Wildman–Crippen LogP) is 15.9. The molecule has 127 heavy (non-hydrogen) atoms. The number of fused-ring (bicyclic) bond motifs is 1. The van der Waals surface area contributed by atoms with Gasteiger partial charge in [-0.2, -0.15) is 8.42 Å². The summed E-state index contributed by atoms with van der Waals surface area (Å²) in [5.41, 5.74) is 5.19. The average Bonchev–Trinajstić information content (AvgIpc) is 1.63. The number of benzene rings is 7. The van der Waals surface area contributed by atoms with Crippen LogP contribution in [0.2, 0.25) is 0 Å². The van der Waals surface area contributed by atoms with Crippen LogP contribution in [0.1, 0.15) is 154 Å². The number of halogens is 5. The third-order valence-corrected chi connectivity index (χ3v) is 25.6. The first kappa shape index (κ1) is 100. The standard InChI is InChI=1S/C23H34BNO5.C19H15BrN2O3.C17H22BrNO3.C12H14BrNO4S.C11H10BrNO3.C11H12BrNO2/c1-21(2,3)28-20(27)13-8-16-14-19(26)25(15-16)18-11-9-17(10-12-18)24-29-22(4,5)23(6,7)30-24;20-13-5-7-14(8-6-13)21-10-12(9-17(21)23)11-22-18(24)15-3-1-2-4-16(15)19(22)25;1-17(2,3)22-16(21)9-4-12-10-15(20)19(11-12)14-7-5-13(18)6-8-14;1-19(16,17)18-8-9-6-12(15)14(7-9)11-4-2-10(13)3-5-11;12-8-1-3-9(4-2-8)13-6-7(11(15)16)5-10(13)14;12-9-1-3-10(4-2-9)13-6-8(7-14)5-11(13)15/h9-12,16H,8,13-15H2,1-7H3;1-8,12H,9-11H2;5-8,12H,4,9-11H2,1-3H3;2-5,9H,6-8H2,1H3;1-4,7H,5-6H2,(H,15,16);1-4,8,14H,5-7H2. The molecule has 8 aliphatic heterocycles. The van der Waals surface area contributed by atoms with Crippen molar-refractivity contribution >= 4 is 202 Å². The molecule has 0 saturated carbocycles. The van der Waals surface area contributed by atoms with Crippen molar-refractivity contribution in [3.8, 4) is 0 Å². The van der Waals surface area contributed by atoms with Gasteiger partial charge < -0.3 is 58.4 Å². The van der Waals surface area contributed by atoms with E-state index in [4.69, 9.17) is 33.2 Å². The first-order valence-electron chi connectivity index (χ1n) is 41.8. The summed E-state index contributed by atoms with van der Waals surface area (Å²) in [6.07, 6.45) is 5.20. The Hall–Kier alpha value is -8.84. The van der Waals surface area contributed by atoms with Gasteiger partial charge in [-0.15, -0.1) is 0 Å². The van der Waals surface area contributed by atoms with Crippen LogP contribution in [0.5, 0.6) is 0 Å². The first-order valence-corrected chi connectivity index (χ1v) is 47.6. The van der Waals surface area contributed by atoms with E-state index in [1.54, 1.807) is 60.9 Å². The van der Waals surface area contributed by atoms with Crippen LogP contribution in [-0.2, 0) is 76.2 Å². The van der Waals surface area contributed by atoms with Crippen LogP contribution in [0.4, 0.5) is 34.1 Å². The SMILES string of the molecule is CC(C)(C)OC(=O)CCC1CC(=O)N(c2ccc(B3OC(C)(C)C(C)(C)O3)cc2)C1.CC(C)(C)OC(=O)CCC1CC(=O)N(c2ccc(Br)cc2)C1.CS(=O)(=O)OCC1CC(=O)N(c2ccc(Br)cc2)C1.O=C(O)C1CC(=O)N(c2ccc(Br)cc2)C1.O=C1CC(CO)CN1c1ccc(Br)cc1.O=C1c2ccccc2C(=O)N1CC1CC(=O)N(c2ccc(Br)cc2)C1. The highest BCUT2D eigenvalue weighted by Gasteiger charge is 2.52. The van der Waals surface area contributed by atoms with Gasteiger partial charge in [-0.05, 0) is 245 Å². The second kappa shape index (κ2) is 43.7. The minimum absolute atomic E-state index is 0.00979. The Kier molecular flexibility index (Phi) is 34.5. The largest absolute Gasteiger partial charge is 0.494 e. The van der Waals surface area contributed by atoms with Crippen LogP contribution >= 0.6 is 79.6 Å². The summed E-state index contributed by atoms with van der Waals surface area (Å²) in [4.78, 5) is 143. The zero-order valence-corrected chi connectivity index (χ0v) is 81.6. The fraction of sp³-hybridized carbons (Fsp3) is 0.430. The zero-order valence-electron chi connectivity index (χ0n) is 72.8. The molecule has 6 unspecified atom stereocenters. The average molecular weight is 2090 g/mol. The third kappa shape index (κ3) is 28.6. The molecule has 7 aromatic carbocycles. The van der Waals surface area contributed by atoms with E-state index in [0.717, 1.165) is 68.2 Å². The highest BCUT2D eigenvalue weighted by atomic mass is 79.9. The maximum absolute atomic E-state index is 12.5. The van der Waals surface area contributed by atoms with Gasteiger partial charge in [0.25, 0.3) is 21.9 Å². The molecule has 7 fully saturated rings. The zero-order chi connectivity index (χ0) is 92.8. The lowest BCUT2D eigenvalue weighted by molar-refractivity contribution is -0.156. The maximum atomic E-state index is 12.5. The molecule has 34 heteroatoms. The molecular formula is C93H107BBr5N7O20S. The number of aliphatic carboxylic acids is 1. The number of esters is 2. The number of rotatable bonds is 20. The Morgan fingerprint density at radius 3 is 1.02 bits per heavy atom. The lowest BCUT2D eigenvalue weighted by atomic mass is 9.79. The Morgan fingerprint density at radius 2 is 0.709 bits per heavy atom. The molecule has 2 N–H and O–H groups in total. The van der Waals surface area contributed by atoms with Crippen molar-refractivity contribution in [2.24, 2.45) is 35.5 Å². The van der Waals surface area contributed by atoms with Gasteiger partial charge >= 0.3 is 25.0 Å². The number of hydrogen-bond acceptors (Lipinski definition) is 19. The normalized spacial score (nSPS) is 20.6. The summed E-state index contributed by atoms with van der Waals surface area (Å²) in [5, 5.41) is 17.9. The van der Waals surface area contributed by atoms with E-state index < -0.39 is 40.3 Å². The Morgan fingerprint density at radius 1 is 0.425 bits per heavy atom. The molecule has 27 nitrogen and oxygen atoms in total. The second-order valence-electron chi connectivity index (χ2n) is 35.4. The first-order chi connectivity index (χ1) is 59.7. The van der Waals surface area contributed by atoms with Gasteiger partial charge in [0.2, 0.25) is 35.4 Å². The van der Waals surface area contributed by atoms with Crippen LogP contribution in [0.15, 0.2) is 192 Å². The monoisotopic (exact) mass is 2080 g/mol. The maximum Gasteiger partial charge on any atom is 0.494 e. The molecule has 0 aliphatic carbocycles. The van der Waals surface area contributed by atoms with Crippen molar-refractivity contribution in [3.63, 3.8) is 0 Å². The predicted molar refractivity (Wildman–Crippen MR) is 503 cm³/mol. The van der Waals surface area contributed by atoms with Crippen LogP contribution < -0.4 is 34.9 Å². The van der Waals surface area contributed by atoms with Crippen LogP contribution in [0.25, 0.3) is 0 Å². The van der Waals surface area contributed by atoms with Gasteiger partial charge in [-0.1, -0.05) is 104 Å². The number of imide groups is 1. The number of hydrogen-bond donors (Lipinski definition) is 2. The van der Waals surface area contributed by atoms with Crippen molar-refractivity contribution in [3.05, 3.63) is 203 Å². The minimum atomic E-state index is -3.45. The van der Waals surface area contributed by atoms with Gasteiger partial charge in [0.1, 0.15) is 11.2 Å². The number of ether oxygens (including phenoxy) is 2. The van der Waals surface area contributed by atoms with Gasteiger partial charge in [0.15, 0.2) is 0 Å². The summed E-state index contributed by atoms with van der Waals surface area (Å²) in [6, 6.07) is 52.2.